The number of carboxylic acid groups (broad SMARTS) is 1. The predicted molar refractivity (Wildman–Crippen MR) is 34.0 cm³/mol. The van der Waals surface area contributed by atoms with Gasteiger partial charge in [-0.2, -0.15) is 0 Å². The molecule has 0 spiro atoms. The second kappa shape index (κ2) is 2.91. The zero-order valence-electron chi connectivity index (χ0n) is 5.12. The lowest BCUT2D eigenvalue weighted by Gasteiger charge is -1.87. The second-order valence-electron chi connectivity index (χ2n) is 1.67. The first-order valence-corrected chi connectivity index (χ1v) is 3.40. The molecule has 1 N–H and O–H groups in total. The zero-order chi connectivity index (χ0) is 8.43. The Morgan fingerprint density at radius 3 is 2.64 bits per heavy atom. The summed E-state index contributed by atoms with van der Waals surface area (Å²) < 4.78 is 23.6. The molecule has 1 heterocycles. The molecule has 0 aromatic carbocycles. The number of hydrogen-bond donors (Lipinski definition) is 1. The Bertz CT molecular complexity index is 273. The molecule has 3 nitrogen and oxygen atoms in total. The van der Waals surface area contributed by atoms with Gasteiger partial charge in [0.1, 0.15) is 0 Å². The molecule has 0 saturated carbocycles. The normalized spacial score (nSPS) is 10.5. The first-order chi connectivity index (χ1) is 5.11. The number of carboxylic acids is 1. The maximum Gasteiger partial charge on any atom is 0.365 e. The predicted octanol–water partition coefficient (Wildman–Crippen LogP) is 1.78. The van der Waals surface area contributed by atoms with E-state index in [0.29, 0.717) is 11.3 Å². The molecule has 0 atom stereocenters. The van der Waals surface area contributed by atoms with E-state index in [4.69, 9.17) is 5.11 Å². The number of aromatic nitrogens is 1. The van der Waals surface area contributed by atoms with Gasteiger partial charge in [-0.25, -0.2) is 18.6 Å². The number of hydrogen-bond acceptors (Lipinski definition) is 3. The third kappa shape index (κ3) is 1.70. The molecular weight excluding hydrogens is 176 g/mol. The van der Waals surface area contributed by atoms with Crippen molar-refractivity contribution in [3.63, 3.8) is 0 Å². The van der Waals surface area contributed by atoms with E-state index < -0.39 is 12.4 Å². The standard InChI is InChI=1S/C5H3F2NO2S/c6-3(7)2-1-8-4(11-2)5(9)10/h1,3H,(H,9,10). The highest BCUT2D eigenvalue weighted by molar-refractivity contribution is 7.13. The van der Waals surface area contributed by atoms with Crippen LogP contribution in [-0.2, 0) is 0 Å². The number of alkyl halides is 2. The van der Waals surface area contributed by atoms with Gasteiger partial charge in [0.15, 0.2) is 0 Å². The first-order valence-electron chi connectivity index (χ1n) is 2.58. The summed E-state index contributed by atoms with van der Waals surface area (Å²) in [5.74, 6) is -1.28. The van der Waals surface area contributed by atoms with Crippen LogP contribution in [0, 0.1) is 0 Å². The van der Waals surface area contributed by atoms with Gasteiger partial charge >= 0.3 is 5.97 Å². The van der Waals surface area contributed by atoms with Crippen molar-refractivity contribution >= 4 is 17.3 Å². The highest BCUT2D eigenvalue weighted by Gasteiger charge is 2.14. The van der Waals surface area contributed by atoms with Gasteiger partial charge in [0.2, 0.25) is 5.01 Å². The van der Waals surface area contributed by atoms with E-state index in [-0.39, 0.29) is 9.88 Å². The summed E-state index contributed by atoms with van der Waals surface area (Å²) in [7, 11) is 0. The number of carbonyl (C=O) groups is 1. The number of aromatic carboxylic acids is 1. The number of rotatable bonds is 2. The van der Waals surface area contributed by atoms with Crippen LogP contribution in [-0.4, -0.2) is 16.1 Å². The average molecular weight is 179 g/mol. The summed E-state index contributed by atoms with van der Waals surface area (Å²) in [5, 5.41) is 7.98. The van der Waals surface area contributed by atoms with Gasteiger partial charge in [0.05, 0.1) is 4.88 Å². The van der Waals surface area contributed by atoms with Crippen LogP contribution >= 0.6 is 11.3 Å². The van der Waals surface area contributed by atoms with E-state index in [9.17, 15) is 13.6 Å². The Morgan fingerprint density at radius 2 is 2.36 bits per heavy atom. The molecule has 1 rings (SSSR count). The molecule has 0 radical (unpaired) electrons. The molecule has 0 aliphatic rings. The van der Waals surface area contributed by atoms with Gasteiger partial charge in [0.25, 0.3) is 6.43 Å². The van der Waals surface area contributed by atoms with Gasteiger partial charge in [-0.3, -0.25) is 0 Å². The van der Waals surface area contributed by atoms with E-state index in [1.807, 2.05) is 0 Å². The highest BCUT2D eigenvalue weighted by Crippen LogP contribution is 2.24. The molecule has 60 valence electrons. The Labute approximate surface area is 64.3 Å². The maximum absolute atomic E-state index is 11.8. The Kier molecular flexibility index (Phi) is 2.13. The van der Waals surface area contributed by atoms with Gasteiger partial charge < -0.3 is 5.11 Å². The smallest absolute Gasteiger partial charge is 0.365 e. The van der Waals surface area contributed by atoms with E-state index in [1.54, 1.807) is 0 Å². The maximum atomic E-state index is 11.8. The molecule has 0 bridgehead atoms. The van der Waals surface area contributed by atoms with Crippen molar-refractivity contribution in [2.45, 2.75) is 6.43 Å². The van der Waals surface area contributed by atoms with Crippen molar-refractivity contribution in [2.75, 3.05) is 0 Å². The summed E-state index contributed by atoms with van der Waals surface area (Å²) in [6.45, 7) is 0. The second-order valence-corrected chi connectivity index (χ2v) is 2.74. The Hall–Kier alpha value is -1.04. The minimum absolute atomic E-state index is 0.305. The molecule has 11 heavy (non-hydrogen) atoms. The SMILES string of the molecule is O=C(O)c1ncc(C(F)F)s1. The topological polar surface area (TPSA) is 50.2 Å². The zero-order valence-corrected chi connectivity index (χ0v) is 5.94. The molecule has 0 amide bonds. The molecule has 1 aromatic heterocycles. The van der Waals surface area contributed by atoms with Gasteiger partial charge in [-0.1, -0.05) is 0 Å². The first kappa shape index (κ1) is 8.06. The van der Waals surface area contributed by atoms with Crippen molar-refractivity contribution in [3.8, 4) is 0 Å². The largest absolute Gasteiger partial charge is 0.476 e. The van der Waals surface area contributed by atoms with Crippen LogP contribution < -0.4 is 0 Å². The summed E-state index contributed by atoms with van der Waals surface area (Å²) in [6.07, 6.45) is -1.76. The van der Waals surface area contributed by atoms with E-state index in [0.717, 1.165) is 6.20 Å². The minimum atomic E-state index is -2.64. The number of thiazole rings is 1. The lowest BCUT2D eigenvalue weighted by molar-refractivity contribution is 0.0696. The Balaban J connectivity index is 2.90. The number of halogens is 2. The third-order valence-corrected chi connectivity index (χ3v) is 1.91. The highest BCUT2D eigenvalue weighted by atomic mass is 32.1. The van der Waals surface area contributed by atoms with E-state index in [2.05, 4.69) is 4.98 Å². The third-order valence-electron chi connectivity index (χ3n) is 0.922. The van der Waals surface area contributed by atoms with Crippen molar-refractivity contribution in [3.05, 3.63) is 16.1 Å². The lowest BCUT2D eigenvalue weighted by atomic mass is 10.6. The van der Waals surface area contributed by atoms with Crippen LogP contribution in [0.3, 0.4) is 0 Å². The Morgan fingerprint density at radius 1 is 1.73 bits per heavy atom. The molecule has 0 saturated heterocycles. The molecule has 0 fully saturated rings. The molecular formula is C5H3F2NO2S. The van der Waals surface area contributed by atoms with Crippen LogP contribution in [0.4, 0.5) is 8.78 Å². The molecule has 0 aliphatic heterocycles. The van der Waals surface area contributed by atoms with Crippen LogP contribution in [0.1, 0.15) is 21.1 Å². The summed E-state index contributed by atoms with van der Waals surface area (Å²) >= 11 is 0.488. The summed E-state index contributed by atoms with van der Waals surface area (Å²) in [6, 6.07) is 0. The van der Waals surface area contributed by atoms with Crippen molar-refractivity contribution in [2.24, 2.45) is 0 Å². The fourth-order valence-electron chi connectivity index (χ4n) is 0.486. The van der Waals surface area contributed by atoms with E-state index in [1.165, 1.54) is 0 Å². The lowest BCUT2D eigenvalue weighted by Crippen LogP contribution is -1.92. The molecule has 6 heteroatoms. The van der Waals surface area contributed by atoms with Crippen LogP contribution in [0.5, 0.6) is 0 Å². The van der Waals surface area contributed by atoms with Gasteiger partial charge in [-0.05, 0) is 0 Å². The fraction of sp³-hybridized carbons (Fsp3) is 0.200. The average Bonchev–Trinajstić information content (AvgIpc) is 2.33. The molecule has 0 unspecified atom stereocenters. The van der Waals surface area contributed by atoms with Crippen molar-refractivity contribution in [1.29, 1.82) is 0 Å². The monoisotopic (exact) mass is 179 g/mol. The fourth-order valence-corrected chi connectivity index (χ4v) is 1.10. The van der Waals surface area contributed by atoms with Crippen molar-refractivity contribution < 1.29 is 18.7 Å². The van der Waals surface area contributed by atoms with Crippen LogP contribution in [0.2, 0.25) is 0 Å². The minimum Gasteiger partial charge on any atom is -0.476 e. The van der Waals surface area contributed by atoms with Gasteiger partial charge in [-0.15, -0.1) is 11.3 Å². The van der Waals surface area contributed by atoms with E-state index >= 15 is 0 Å². The van der Waals surface area contributed by atoms with Crippen LogP contribution in [0.15, 0.2) is 6.20 Å². The van der Waals surface area contributed by atoms with Crippen molar-refractivity contribution in [1.82, 2.24) is 4.98 Å². The molecule has 1 aromatic rings. The quantitative estimate of drug-likeness (QED) is 0.752. The summed E-state index contributed by atoms with van der Waals surface area (Å²) in [4.78, 5) is 13.1. The number of nitrogens with zero attached hydrogens (tertiary/aromatic N) is 1. The molecule has 0 aliphatic carbocycles. The summed E-state index contributed by atoms with van der Waals surface area (Å²) in [5.41, 5.74) is 0. The van der Waals surface area contributed by atoms with Gasteiger partial charge in [0, 0.05) is 6.20 Å². The van der Waals surface area contributed by atoms with Crippen LogP contribution in [0.25, 0.3) is 0 Å².